The maximum Gasteiger partial charge on any atom is 0.271 e. The van der Waals surface area contributed by atoms with E-state index in [1.165, 1.54) is 6.07 Å². The van der Waals surface area contributed by atoms with E-state index >= 15 is 0 Å². The molecule has 0 unspecified atom stereocenters. The second kappa shape index (κ2) is 9.80. The number of carbonyl (C=O) groups is 1. The van der Waals surface area contributed by atoms with Gasteiger partial charge in [0.25, 0.3) is 10.0 Å². The Hall–Kier alpha value is -3.11. The Morgan fingerprint density at radius 2 is 1.90 bits per heavy atom. The van der Waals surface area contributed by atoms with Gasteiger partial charge in [-0.2, -0.15) is 0 Å². The minimum Gasteiger partial charge on any atom is -0.494 e. The van der Waals surface area contributed by atoms with Crippen molar-refractivity contribution >= 4 is 50.8 Å². The number of sulfonamides is 1. The zero-order chi connectivity index (χ0) is 22.4. The van der Waals surface area contributed by atoms with Gasteiger partial charge in [0, 0.05) is 17.0 Å². The summed E-state index contributed by atoms with van der Waals surface area (Å²) in [7, 11) is -3.72. The van der Waals surface area contributed by atoms with E-state index in [-0.39, 0.29) is 10.1 Å². The summed E-state index contributed by atoms with van der Waals surface area (Å²) in [6.07, 6.45) is 3.69. The lowest BCUT2D eigenvalue weighted by Gasteiger charge is -2.07. The van der Waals surface area contributed by atoms with Crippen LogP contribution in [0.4, 0.5) is 11.4 Å². The Balaban J connectivity index is 1.73. The summed E-state index contributed by atoms with van der Waals surface area (Å²) in [6.45, 7) is 5.90. The molecule has 1 aromatic carbocycles. The van der Waals surface area contributed by atoms with Gasteiger partial charge >= 0.3 is 0 Å². The SMILES string of the molecule is CCOc1ccc(NS(=O)(=O)c2ccc(C=Cc3onc(C)c3NC(=O)CC)s2)cc1. The molecule has 164 valence electrons. The van der Waals surface area contributed by atoms with Gasteiger partial charge in [0.05, 0.1) is 6.61 Å². The fourth-order valence-electron chi connectivity index (χ4n) is 2.60. The van der Waals surface area contributed by atoms with E-state index in [0.717, 1.165) is 11.3 Å². The Bertz CT molecular complexity index is 1180. The van der Waals surface area contributed by atoms with Gasteiger partial charge in [0.1, 0.15) is 21.3 Å². The highest BCUT2D eigenvalue weighted by atomic mass is 32.2. The Morgan fingerprint density at radius 1 is 1.16 bits per heavy atom. The number of thiophene rings is 1. The first-order chi connectivity index (χ1) is 14.8. The van der Waals surface area contributed by atoms with Crippen LogP contribution in [-0.4, -0.2) is 26.1 Å². The fourth-order valence-corrected chi connectivity index (χ4v) is 4.89. The second-order valence-corrected chi connectivity index (χ2v) is 9.49. The maximum atomic E-state index is 12.7. The molecule has 0 aliphatic carbocycles. The summed E-state index contributed by atoms with van der Waals surface area (Å²) < 4.78 is 38.7. The number of amides is 1. The molecule has 2 N–H and O–H groups in total. The molecule has 0 saturated heterocycles. The first-order valence-electron chi connectivity index (χ1n) is 9.62. The van der Waals surface area contributed by atoms with Crippen molar-refractivity contribution in [3.05, 3.63) is 52.7 Å². The molecule has 0 spiro atoms. The molecule has 0 radical (unpaired) electrons. The van der Waals surface area contributed by atoms with Crippen molar-refractivity contribution in [1.29, 1.82) is 0 Å². The first-order valence-corrected chi connectivity index (χ1v) is 11.9. The zero-order valence-electron chi connectivity index (χ0n) is 17.3. The number of aryl methyl sites for hydroxylation is 1. The minimum atomic E-state index is -3.72. The number of nitrogens with zero attached hydrogens (tertiary/aromatic N) is 1. The first kappa shape index (κ1) is 22.6. The Morgan fingerprint density at radius 3 is 2.58 bits per heavy atom. The van der Waals surface area contributed by atoms with Crippen molar-refractivity contribution in [2.75, 3.05) is 16.6 Å². The van der Waals surface area contributed by atoms with Crippen molar-refractivity contribution in [3.8, 4) is 5.75 Å². The number of aromatic nitrogens is 1. The quantitative estimate of drug-likeness (QED) is 0.475. The molecular formula is C21H23N3O5S2. The number of hydrogen-bond donors (Lipinski definition) is 2. The molecule has 0 atom stereocenters. The molecule has 0 aliphatic rings. The molecule has 3 rings (SSSR count). The summed E-state index contributed by atoms with van der Waals surface area (Å²) in [5.74, 6) is 0.918. The summed E-state index contributed by atoms with van der Waals surface area (Å²) in [5.41, 5.74) is 1.52. The number of anilines is 2. The molecule has 10 heteroatoms. The predicted molar refractivity (Wildman–Crippen MR) is 122 cm³/mol. The smallest absolute Gasteiger partial charge is 0.271 e. The van der Waals surface area contributed by atoms with E-state index in [2.05, 4.69) is 15.2 Å². The summed E-state index contributed by atoms with van der Waals surface area (Å²) in [4.78, 5) is 12.4. The van der Waals surface area contributed by atoms with Crippen LogP contribution in [0.3, 0.4) is 0 Å². The lowest BCUT2D eigenvalue weighted by molar-refractivity contribution is -0.115. The van der Waals surface area contributed by atoms with Gasteiger partial charge in [-0.15, -0.1) is 11.3 Å². The van der Waals surface area contributed by atoms with E-state index in [0.29, 0.717) is 46.5 Å². The van der Waals surface area contributed by atoms with E-state index in [1.807, 2.05) is 6.92 Å². The second-order valence-electron chi connectivity index (χ2n) is 6.46. The monoisotopic (exact) mass is 461 g/mol. The normalized spacial score (nSPS) is 11.6. The molecule has 0 aliphatic heterocycles. The Labute approximate surface area is 185 Å². The van der Waals surface area contributed by atoms with Gasteiger partial charge in [-0.25, -0.2) is 8.42 Å². The average molecular weight is 462 g/mol. The molecule has 3 aromatic rings. The van der Waals surface area contributed by atoms with Crippen LogP contribution in [0, 0.1) is 6.92 Å². The van der Waals surface area contributed by atoms with Crippen LogP contribution in [0.1, 0.15) is 36.6 Å². The van der Waals surface area contributed by atoms with Crippen LogP contribution >= 0.6 is 11.3 Å². The third-order valence-electron chi connectivity index (χ3n) is 4.16. The van der Waals surface area contributed by atoms with Gasteiger partial charge in [-0.3, -0.25) is 9.52 Å². The van der Waals surface area contributed by atoms with E-state index in [4.69, 9.17) is 9.26 Å². The Kier molecular flexibility index (Phi) is 7.13. The summed E-state index contributed by atoms with van der Waals surface area (Å²) in [6, 6.07) is 9.94. The molecule has 31 heavy (non-hydrogen) atoms. The van der Waals surface area contributed by atoms with Crippen molar-refractivity contribution in [2.24, 2.45) is 0 Å². The van der Waals surface area contributed by atoms with E-state index in [9.17, 15) is 13.2 Å². The molecule has 8 nitrogen and oxygen atoms in total. The molecule has 2 heterocycles. The standard InChI is InChI=1S/C21H23N3O5S2/c1-4-19(25)22-21-14(3)23-29-18(21)12-10-17-11-13-20(30-17)31(26,27)24-15-6-8-16(9-7-15)28-5-2/h6-13,24H,4-5H2,1-3H3,(H,22,25). The molecule has 0 fully saturated rings. The van der Waals surface area contributed by atoms with Crippen LogP contribution in [0.5, 0.6) is 5.75 Å². The van der Waals surface area contributed by atoms with Crippen molar-refractivity contribution in [2.45, 2.75) is 31.4 Å². The number of ether oxygens (including phenoxy) is 1. The van der Waals surface area contributed by atoms with Crippen LogP contribution in [0.2, 0.25) is 0 Å². The van der Waals surface area contributed by atoms with Gasteiger partial charge in [0.2, 0.25) is 5.91 Å². The van der Waals surface area contributed by atoms with Crippen LogP contribution < -0.4 is 14.8 Å². The number of carbonyl (C=O) groups excluding carboxylic acids is 1. The van der Waals surface area contributed by atoms with Gasteiger partial charge in [-0.05, 0) is 62.4 Å². The highest BCUT2D eigenvalue weighted by Gasteiger charge is 2.17. The third-order valence-corrected chi connectivity index (χ3v) is 7.08. The molecular weight excluding hydrogens is 438 g/mol. The minimum absolute atomic E-state index is 0.147. The molecule has 2 aromatic heterocycles. The maximum absolute atomic E-state index is 12.7. The third kappa shape index (κ3) is 5.74. The molecule has 0 saturated carbocycles. The van der Waals surface area contributed by atoms with Gasteiger partial charge in [-0.1, -0.05) is 12.1 Å². The largest absolute Gasteiger partial charge is 0.494 e. The van der Waals surface area contributed by atoms with Gasteiger partial charge < -0.3 is 14.6 Å². The lowest BCUT2D eigenvalue weighted by Crippen LogP contribution is -2.11. The number of nitrogens with one attached hydrogen (secondary N) is 2. The van der Waals surface area contributed by atoms with E-state index < -0.39 is 10.0 Å². The molecule has 1 amide bonds. The van der Waals surface area contributed by atoms with Crippen LogP contribution in [0.25, 0.3) is 12.2 Å². The van der Waals surface area contributed by atoms with Gasteiger partial charge in [0.15, 0.2) is 5.76 Å². The van der Waals surface area contributed by atoms with Crippen molar-refractivity contribution < 1.29 is 22.5 Å². The average Bonchev–Trinajstić information content (AvgIpc) is 3.36. The summed E-state index contributed by atoms with van der Waals surface area (Å²) in [5, 5.41) is 6.63. The highest BCUT2D eigenvalue weighted by molar-refractivity contribution is 7.94. The highest BCUT2D eigenvalue weighted by Crippen LogP contribution is 2.28. The number of hydrogen-bond acceptors (Lipinski definition) is 7. The van der Waals surface area contributed by atoms with Crippen molar-refractivity contribution in [1.82, 2.24) is 5.16 Å². The fraction of sp³-hybridized carbons (Fsp3) is 0.238. The zero-order valence-corrected chi connectivity index (χ0v) is 19.0. The number of benzene rings is 1. The number of rotatable bonds is 9. The van der Waals surface area contributed by atoms with Crippen LogP contribution in [-0.2, 0) is 14.8 Å². The van der Waals surface area contributed by atoms with Crippen molar-refractivity contribution in [3.63, 3.8) is 0 Å². The predicted octanol–water partition coefficient (Wildman–Crippen LogP) is 4.76. The molecule has 0 bridgehead atoms. The topological polar surface area (TPSA) is 111 Å². The lowest BCUT2D eigenvalue weighted by atomic mass is 10.2. The van der Waals surface area contributed by atoms with Crippen LogP contribution in [0.15, 0.2) is 45.1 Å². The van der Waals surface area contributed by atoms with E-state index in [1.54, 1.807) is 56.3 Å². The summed E-state index contributed by atoms with van der Waals surface area (Å²) >= 11 is 1.11.